The summed E-state index contributed by atoms with van der Waals surface area (Å²) in [6.07, 6.45) is 0.343. The number of nitrogens with zero attached hydrogens (tertiary/aromatic N) is 3. The van der Waals surface area contributed by atoms with Crippen molar-refractivity contribution < 1.29 is 14.1 Å². The van der Waals surface area contributed by atoms with Gasteiger partial charge in [0.25, 0.3) is 0 Å². The van der Waals surface area contributed by atoms with Gasteiger partial charge in [-0.3, -0.25) is 4.79 Å². The fourth-order valence-electron chi connectivity index (χ4n) is 2.65. The minimum absolute atomic E-state index is 0.0109. The Labute approximate surface area is 145 Å². The van der Waals surface area contributed by atoms with Crippen molar-refractivity contribution in [1.82, 2.24) is 10.1 Å². The Balaban J connectivity index is 1.81. The largest absolute Gasteiger partial charge is 0.495 e. The first-order valence-corrected chi connectivity index (χ1v) is 8.15. The Morgan fingerprint density at radius 2 is 2.12 bits per heavy atom. The highest BCUT2D eigenvalue weighted by molar-refractivity contribution is 6.32. The van der Waals surface area contributed by atoms with Crippen molar-refractivity contribution in [1.29, 1.82) is 0 Å². The van der Waals surface area contributed by atoms with E-state index in [4.69, 9.17) is 20.9 Å². The number of methoxy groups -OCH3 is 1. The summed E-state index contributed by atoms with van der Waals surface area (Å²) in [6.45, 7) is 6.56. The van der Waals surface area contributed by atoms with E-state index in [1.54, 1.807) is 24.1 Å². The molecule has 1 aromatic carbocycles. The normalized spacial score (nSPS) is 18.3. The van der Waals surface area contributed by atoms with Crippen LogP contribution in [0, 0.1) is 0 Å². The zero-order chi connectivity index (χ0) is 17.5. The maximum atomic E-state index is 12.4. The number of anilines is 1. The zero-order valence-electron chi connectivity index (χ0n) is 14.2. The number of amides is 1. The van der Waals surface area contributed by atoms with Gasteiger partial charge in [0.2, 0.25) is 11.8 Å². The van der Waals surface area contributed by atoms with Crippen molar-refractivity contribution in [2.24, 2.45) is 0 Å². The van der Waals surface area contributed by atoms with Crippen molar-refractivity contribution in [2.45, 2.75) is 38.5 Å². The molecule has 24 heavy (non-hydrogen) atoms. The summed E-state index contributed by atoms with van der Waals surface area (Å²) in [4.78, 5) is 18.5. The number of benzene rings is 1. The average Bonchev–Trinajstić information content (AvgIpc) is 3.13. The van der Waals surface area contributed by atoms with E-state index in [2.05, 4.69) is 10.1 Å². The highest BCUT2D eigenvalue weighted by atomic mass is 35.5. The average molecular weight is 350 g/mol. The number of hydrogen-bond donors (Lipinski definition) is 0. The third kappa shape index (κ3) is 3.11. The van der Waals surface area contributed by atoms with Crippen molar-refractivity contribution in [3.05, 3.63) is 34.9 Å². The fraction of sp³-hybridized carbons (Fsp3) is 0.471. The van der Waals surface area contributed by atoms with E-state index in [0.717, 1.165) is 5.69 Å². The van der Waals surface area contributed by atoms with Crippen LogP contribution in [0.15, 0.2) is 22.7 Å². The first-order valence-electron chi connectivity index (χ1n) is 7.77. The van der Waals surface area contributed by atoms with Crippen LogP contribution in [0.3, 0.4) is 0 Å². The number of hydrogen-bond acceptors (Lipinski definition) is 5. The molecule has 1 aromatic heterocycles. The molecule has 0 saturated carbocycles. The molecule has 1 amide bonds. The van der Waals surface area contributed by atoms with E-state index < -0.39 is 0 Å². The molecular weight excluding hydrogens is 330 g/mol. The van der Waals surface area contributed by atoms with Crippen LogP contribution in [0.5, 0.6) is 5.75 Å². The topological polar surface area (TPSA) is 68.5 Å². The molecule has 1 aliphatic heterocycles. The lowest BCUT2D eigenvalue weighted by Crippen LogP contribution is -2.24. The Hall–Kier alpha value is -2.08. The second-order valence-electron chi connectivity index (χ2n) is 6.93. The Kier molecular flexibility index (Phi) is 4.25. The Morgan fingerprint density at radius 1 is 1.38 bits per heavy atom. The highest BCUT2D eigenvalue weighted by Gasteiger charge is 2.36. The van der Waals surface area contributed by atoms with Gasteiger partial charge in [0.05, 0.1) is 18.1 Å². The van der Waals surface area contributed by atoms with Gasteiger partial charge in [-0.25, -0.2) is 0 Å². The molecule has 0 spiro atoms. The minimum atomic E-state index is -0.187. The molecule has 7 heteroatoms. The molecule has 0 aliphatic carbocycles. The monoisotopic (exact) mass is 349 g/mol. The van der Waals surface area contributed by atoms with Gasteiger partial charge in [0, 0.05) is 24.1 Å². The maximum absolute atomic E-state index is 12.4. The number of ether oxygens (including phenoxy) is 1. The summed E-state index contributed by atoms with van der Waals surface area (Å²) in [5.74, 6) is 1.64. The van der Waals surface area contributed by atoms with Crippen molar-refractivity contribution in [3.8, 4) is 5.75 Å². The lowest BCUT2D eigenvalue weighted by atomic mass is 9.96. The predicted octanol–water partition coefficient (Wildman–Crippen LogP) is 3.55. The second kappa shape index (κ2) is 6.09. The van der Waals surface area contributed by atoms with Gasteiger partial charge in [-0.15, -0.1) is 0 Å². The number of carbonyl (C=O) groups excluding carboxylic acids is 1. The number of aromatic nitrogens is 2. The summed E-state index contributed by atoms with van der Waals surface area (Å²) >= 11 is 6.16. The summed E-state index contributed by atoms with van der Waals surface area (Å²) in [5, 5.41) is 4.51. The fourth-order valence-corrected chi connectivity index (χ4v) is 2.90. The molecule has 2 aromatic rings. The molecule has 0 bridgehead atoms. The van der Waals surface area contributed by atoms with Crippen molar-refractivity contribution in [2.75, 3.05) is 18.6 Å². The Bertz CT molecular complexity index is 767. The lowest BCUT2D eigenvalue weighted by molar-refractivity contribution is -0.117. The molecule has 128 valence electrons. The molecule has 1 saturated heterocycles. The van der Waals surface area contributed by atoms with Gasteiger partial charge < -0.3 is 14.2 Å². The van der Waals surface area contributed by atoms with Gasteiger partial charge in [-0.2, -0.15) is 4.98 Å². The number of carbonyl (C=O) groups is 1. The molecule has 0 N–H and O–H groups in total. The van der Waals surface area contributed by atoms with Crippen LogP contribution in [0.25, 0.3) is 0 Å². The van der Waals surface area contributed by atoms with E-state index in [1.165, 1.54) is 0 Å². The molecule has 1 fully saturated rings. The van der Waals surface area contributed by atoms with Crippen LogP contribution >= 0.6 is 11.6 Å². The van der Waals surface area contributed by atoms with E-state index >= 15 is 0 Å². The van der Waals surface area contributed by atoms with Gasteiger partial charge in [-0.1, -0.05) is 37.5 Å². The molecule has 6 nitrogen and oxygen atoms in total. The summed E-state index contributed by atoms with van der Waals surface area (Å²) in [5.41, 5.74) is 0.553. The standard InChI is InChI=1S/C17H20ClN3O3/c1-17(2,3)16-19-15(24-20-16)10-7-14(22)21(9-10)11-5-6-13(23-4)12(18)8-11/h5-6,8,10H,7,9H2,1-4H3. The molecular formula is C17H20ClN3O3. The summed E-state index contributed by atoms with van der Waals surface area (Å²) < 4.78 is 10.5. The SMILES string of the molecule is COc1ccc(N2CC(c3nc(C(C)(C)C)no3)CC2=O)cc1Cl. The predicted molar refractivity (Wildman–Crippen MR) is 90.7 cm³/mol. The van der Waals surface area contributed by atoms with Gasteiger partial charge in [0.1, 0.15) is 5.75 Å². The summed E-state index contributed by atoms with van der Waals surface area (Å²) in [7, 11) is 1.56. The van der Waals surface area contributed by atoms with E-state index in [-0.39, 0.29) is 17.2 Å². The van der Waals surface area contributed by atoms with Crippen LogP contribution in [0.2, 0.25) is 5.02 Å². The van der Waals surface area contributed by atoms with Gasteiger partial charge >= 0.3 is 0 Å². The van der Waals surface area contributed by atoms with E-state index in [9.17, 15) is 4.79 Å². The zero-order valence-corrected chi connectivity index (χ0v) is 14.9. The van der Waals surface area contributed by atoms with E-state index in [0.29, 0.717) is 35.5 Å². The van der Waals surface area contributed by atoms with Crippen LogP contribution < -0.4 is 9.64 Å². The highest BCUT2D eigenvalue weighted by Crippen LogP contribution is 2.35. The lowest BCUT2D eigenvalue weighted by Gasteiger charge is -2.17. The van der Waals surface area contributed by atoms with Crippen molar-refractivity contribution >= 4 is 23.2 Å². The quantitative estimate of drug-likeness (QED) is 0.847. The van der Waals surface area contributed by atoms with Gasteiger partial charge in [0.15, 0.2) is 5.82 Å². The number of rotatable bonds is 3. The minimum Gasteiger partial charge on any atom is -0.495 e. The third-order valence-corrected chi connectivity index (χ3v) is 4.33. The van der Waals surface area contributed by atoms with Crippen LogP contribution in [-0.2, 0) is 10.2 Å². The van der Waals surface area contributed by atoms with Crippen LogP contribution in [0.4, 0.5) is 5.69 Å². The molecule has 0 radical (unpaired) electrons. The summed E-state index contributed by atoms with van der Waals surface area (Å²) in [6, 6.07) is 5.30. The number of halogens is 1. The second-order valence-corrected chi connectivity index (χ2v) is 7.34. The molecule has 1 atom stereocenters. The maximum Gasteiger partial charge on any atom is 0.232 e. The first-order chi connectivity index (χ1) is 11.3. The van der Waals surface area contributed by atoms with Crippen molar-refractivity contribution in [3.63, 3.8) is 0 Å². The van der Waals surface area contributed by atoms with E-state index in [1.807, 2.05) is 26.8 Å². The van der Waals surface area contributed by atoms with Crippen LogP contribution in [-0.4, -0.2) is 29.7 Å². The molecule has 1 unspecified atom stereocenters. The third-order valence-electron chi connectivity index (χ3n) is 4.03. The van der Waals surface area contributed by atoms with Gasteiger partial charge in [-0.05, 0) is 18.2 Å². The molecule has 1 aliphatic rings. The Morgan fingerprint density at radius 3 is 2.71 bits per heavy atom. The van der Waals surface area contributed by atoms with Crippen LogP contribution in [0.1, 0.15) is 44.8 Å². The smallest absolute Gasteiger partial charge is 0.232 e. The molecule has 2 heterocycles. The first kappa shape index (κ1) is 16.8. The molecule has 3 rings (SSSR count).